The molecule has 3 heteroatoms. The Bertz CT molecular complexity index is 3070. The third kappa shape index (κ3) is 4.29. The van der Waals surface area contributed by atoms with Gasteiger partial charge in [0, 0.05) is 53.1 Å². The molecule has 3 aromatic heterocycles. The zero-order chi connectivity index (χ0) is 33.5. The topological polar surface area (TPSA) is 9.86 Å². The number of hydrogen-bond acceptors (Lipinski definition) is 1. The minimum Gasteiger partial charge on any atom is -0.309 e. The number of para-hydroxylation sites is 3. The zero-order valence-corrected chi connectivity index (χ0v) is 28.4. The van der Waals surface area contributed by atoms with E-state index in [1.165, 1.54) is 97.4 Å². The largest absolute Gasteiger partial charge is 0.309 e. The highest BCUT2D eigenvalue weighted by Crippen LogP contribution is 2.43. The van der Waals surface area contributed by atoms with Crippen LogP contribution in [0.3, 0.4) is 0 Å². The van der Waals surface area contributed by atoms with Crippen molar-refractivity contribution in [2.75, 3.05) is 0 Å². The van der Waals surface area contributed by atoms with Crippen molar-refractivity contribution in [1.29, 1.82) is 0 Å². The average molecular weight is 667 g/mol. The second-order valence-electron chi connectivity index (χ2n) is 13.3. The summed E-state index contributed by atoms with van der Waals surface area (Å²) in [5.74, 6) is 0. The predicted octanol–water partition coefficient (Wildman–Crippen LogP) is 13.6. The number of hydrogen-bond donors (Lipinski definition) is 0. The second kappa shape index (κ2) is 11.0. The molecular weight excluding hydrogens is 637 g/mol. The van der Waals surface area contributed by atoms with Crippen molar-refractivity contribution in [2.24, 2.45) is 0 Å². The van der Waals surface area contributed by atoms with Crippen molar-refractivity contribution in [1.82, 2.24) is 9.13 Å². The Morgan fingerprint density at radius 1 is 0.314 bits per heavy atom. The Kier molecular flexibility index (Phi) is 6.16. The summed E-state index contributed by atoms with van der Waals surface area (Å²) in [7, 11) is 0. The van der Waals surface area contributed by atoms with Gasteiger partial charge in [0.1, 0.15) is 0 Å². The lowest BCUT2D eigenvalue weighted by Crippen LogP contribution is -1.94. The second-order valence-corrected chi connectivity index (χ2v) is 14.4. The van der Waals surface area contributed by atoms with Crippen LogP contribution in [0.25, 0.3) is 97.4 Å². The Balaban J connectivity index is 0.974. The lowest BCUT2D eigenvalue weighted by Gasteiger charge is -2.12. The maximum absolute atomic E-state index is 2.46. The van der Waals surface area contributed by atoms with Gasteiger partial charge >= 0.3 is 0 Å². The molecule has 51 heavy (non-hydrogen) atoms. The van der Waals surface area contributed by atoms with Gasteiger partial charge in [0.2, 0.25) is 0 Å². The molecule has 0 bridgehead atoms. The fraction of sp³-hybridized carbons (Fsp3) is 0. The van der Waals surface area contributed by atoms with Gasteiger partial charge in [-0.2, -0.15) is 0 Å². The molecule has 11 rings (SSSR count). The van der Waals surface area contributed by atoms with Gasteiger partial charge in [-0.25, -0.2) is 0 Å². The van der Waals surface area contributed by atoms with E-state index in [1.54, 1.807) is 0 Å². The quantitative estimate of drug-likeness (QED) is 0.177. The molecule has 2 nitrogen and oxygen atoms in total. The van der Waals surface area contributed by atoms with Crippen LogP contribution in [0.4, 0.5) is 0 Å². The molecule has 0 unspecified atom stereocenters. The number of nitrogens with zero attached hydrogens (tertiary/aromatic N) is 2. The van der Waals surface area contributed by atoms with Gasteiger partial charge in [-0.1, -0.05) is 127 Å². The van der Waals surface area contributed by atoms with Crippen LogP contribution in [0, 0.1) is 0 Å². The van der Waals surface area contributed by atoms with E-state index in [1.807, 2.05) is 11.3 Å². The van der Waals surface area contributed by atoms with Crippen LogP contribution in [0.1, 0.15) is 0 Å². The molecule has 0 amide bonds. The van der Waals surface area contributed by atoms with Crippen LogP contribution in [0.5, 0.6) is 0 Å². The SMILES string of the molecule is c1cc(-c2ccc(-c3ccc(-n4c5ccccc5c5ccc6sc7ccccc7c6c54)cc3)cc2)cc(-n2c3ccccc3c3ccccc32)c1. The van der Waals surface area contributed by atoms with E-state index in [4.69, 9.17) is 0 Å². The van der Waals surface area contributed by atoms with Crippen LogP contribution in [0.2, 0.25) is 0 Å². The molecule has 3 heterocycles. The van der Waals surface area contributed by atoms with Gasteiger partial charge in [0.25, 0.3) is 0 Å². The normalized spacial score (nSPS) is 11.9. The fourth-order valence-electron chi connectivity index (χ4n) is 8.22. The molecule has 0 aliphatic carbocycles. The first-order valence-electron chi connectivity index (χ1n) is 17.4. The van der Waals surface area contributed by atoms with Crippen molar-refractivity contribution in [3.8, 4) is 33.6 Å². The third-order valence-electron chi connectivity index (χ3n) is 10.5. The van der Waals surface area contributed by atoms with Crippen molar-refractivity contribution in [2.45, 2.75) is 0 Å². The van der Waals surface area contributed by atoms with Gasteiger partial charge < -0.3 is 9.13 Å². The Morgan fingerprint density at radius 3 is 1.51 bits per heavy atom. The molecule has 0 fully saturated rings. The van der Waals surface area contributed by atoms with E-state index in [0.717, 1.165) is 0 Å². The fourth-order valence-corrected chi connectivity index (χ4v) is 9.32. The van der Waals surface area contributed by atoms with Crippen LogP contribution >= 0.6 is 11.3 Å². The molecule has 8 aromatic carbocycles. The van der Waals surface area contributed by atoms with Crippen molar-refractivity contribution < 1.29 is 0 Å². The molecule has 0 saturated carbocycles. The van der Waals surface area contributed by atoms with Crippen LogP contribution < -0.4 is 0 Å². The predicted molar refractivity (Wildman–Crippen MR) is 219 cm³/mol. The summed E-state index contributed by atoms with van der Waals surface area (Å²) >= 11 is 1.88. The van der Waals surface area contributed by atoms with E-state index in [0.29, 0.717) is 0 Å². The van der Waals surface area contributed by atoms with E-state index < -0.39 is 0 Å². The van der Waals surface area contributed by atoms with Gasteiger partial charge in [-0.05, 0) is 76.9 Å². The number of benzene rings is 8. The summed E-state index contributed by atoms with van der Waals surface area (Å²) in [5, 5.41) is 7.80. The first-order valence-corrected chi connectivity index (χ1v) is 18.3. The lowest BCUT2D eigenvalue weighted by atomic mass is 10.00. The van der Waals surface area contributed by atoms with E-state index in [-0.39, 0.29) is 0 Å². The molecule has 0 N–H and O–H groups in total. The average Bonchev–Trinajstić information content (AvgIpc) is 3.86. The number of fused-ring (bicyclic) bond motifs is 10. The van der Waals surface area contributed by atoms with E-state index >= 15 is 0 Å². The van der Waals surface area contributed by atoms with Gasteiger partial charge in [-0.15, -0.1) is 11.3 Å². The zero-order valence-electron chi connectivity index (χ0n) is 27.6. The highest BCUT2D eigenvalue weighted by Gasteiger charge is 2.18. The summed E-state index contributed by atoms with van der Waals surface area (Å²) in [5.41, 5.74) is 12.1. The Labute approximate surface area is 298 Å². The highest BCUT2D eigenvalue weighted by atomic mass is 32.1. The molecule has 0 aliphatic rings. The van der Waals surface area contributed by atoms with Crippen LogP contribution in [-0.4, -0.2) is 9.13 Å². The smallest absolute Gasteiger partial charge is 0.0634 e. The van der Waals surface area contributed by atoms with Gasteiger partial charge in [0.15, 0.2) is 0 Å². The first-order chi connectivity index (χ1) is 25.3. The summed E-state index contributed by atoms with van der Waals surface area (Å²) < 4.78 is 7.50. The summed E-state index contributed by atoms with van der Waals surface area (Å²) in [6.07, 6.45) is 0. The number of rotatable bonds is 4. The standard InChI is InChI=1S/C48H30N2S/c1-5-16-42-37(12-1)38-13-2-6-17-43(38)49(42)36-11-9-10-34(30-36)33-22-20-31(21-23-33)32-24-26-35(27-25-32)50-44-18-7-3-14-39(44)40-28-29-46-47(48(40)50)41-15-4-8-19-45(41)51-46/h1-30H. The third-order valence-corrected chi connectivity index (χ3v) is 11.7. The molecular formula is C48H30N2S. The van der Waals surface area contributed by atoms with Crippen LogP contribution in [-0.2, 0) is 0 Å². The minimum atomic E-state index is 1.17. The Hall–Kier alpha value is -6.42. The van der Waals surface area contributed by atoms with Crippen LogP contribution in [0.15, 0.2) is 182 Å². The Morgan fingerprint density at radius 2 is 0.843 bits per heavy atom. The van der Waals surface area contributed by atoms with Gasteiger partial charge in [-0.3, -0.25) is 0 Å². The number of aromatic nitrogens is 2. The van der Waals surface area contributed by atoms with Gasteiger partial charge in [0.05, 0.1) is 22.1 Å². The summed E-state index contributed by atoms with van der Waals surface area (Å²) in [6, 6.07) is 66.5. The lowest BCUT2D eigenvalue weighted by molar-refractivity contribution is 1.18. The highest BCUT2D eigenvalue weighted by molar-refractivity contribution is 7.26. The van der Waals surface area contributed by atoms with E-state index in [2.05, 4.69) is 191 Å². The molecule has 0 aliphatic heterocycles. The summed E-state index contributed by atoms with van der Waals surface area (Å²) in [6.45, 7) is 0. The molecule has 0 saturated heterocycles. The maximum atomic E-state index is 2.46. The molecule has 0 radical (unpaired) electrons. The maximum Gasteiger partial charge on any atom is 0.0634 e. The van der Waals surface area contributed by atoms with Crippen molar-refractivity contribution in [3.63, 3.8) is 0 Å². The molecule has 0 atom stereocenters. The van der Waals surface area contributed by atoms with Crippen molar-refractivity contribution >= 4 is 75.1 Å². The summed E-state index contributed by atoms with van der Waals surface area (Å²) in [4.78, 5) is 0. The van der Waals surface area contributed by atoms with E-state index in [9.17, 15) is 0 Å². The molecule has 238 valence electrons. The monoisotopic (exact) mass is 666 g/mol. The first kappa shape index (κ1) is 28.4. The number of thiophene rings is 1. The van der Waals surface area contributed by atoms with Crippen molar-refractivity contribution in [3.05, 3.63) is 182 Å². The molecule has 0 spiro atoms. The minimum absolute atomic E-state index is 1.17. The molecule has 11 aromatic rings.